The van der Waals surface area contributed by atoms with Crippen LogP contribution in [0.5, 0.6) is 11.9 Å². The lowest BCUT2D eigenvalue weighted by atomic mass is 9.85. The first kappa shape index (κ1) is 19.2. The summed E-state index contributed by atoms with van der Waals surface area (Å²) in [7, 11) is 2.86. The van der Waals surface area contributed by atoms with E-state index >= 15 is 0 Å². The first-order chi connectivity index (χ1) is 15.0. The Morgan fingerprint density at radius 2 is 1.65 bits per heavy atom. The number of ether oxygens (including phenoxy) is 2. The first-order valence-corrected chi connectivity index (χ1v) is 9.94. The molecule has 9 heteroatoms. The molecule has 0 spiro atoms. The fourth-order valence-corrected chi connectivity index (χ4v) is 4.77. The van der Waals surface area contributed by atoms with Gasteiger partial charge in [0.05, 0.1) is 31.7 Å². The number of carbonyl (C=O) groups excluding carboxylic acids is 3. The lowest BCUT2D eigenvalue weighted by Crippen LogP contribution is -2.32. The Bertz CT molecular complexity index is 1060. The number of rotatable bonds is 5. The summed E-state index contributed by atoms with van der Waals surface area (Å²) in [5.41, 5.74) is 0.826. The minimum atomic E-state index is -0.410. The molecule has 0 radical (unpaired) electrons. The predicted molar refractivity (Wildman–Crippen MR) is 110 cm³/mol. The van der Waals surface area contributed by atoms with Crippen molar-refractivity contribution < 1.29 is 23.9 Å². The maximum atomic E-state index is 12.9. The fourth-order valence-electron chi connectivity index (χ4n) is 4.77. The Balaban J connectivity index is 1.33. The molecule has 0 unspecified atom stereocenters. The second-order valence-corrected chi connectivity index (χ2v) is 7.80. The van der Waals surface area contributed by atoms with Gasteiger partial charge in [0, 0.05) is 11.6 Å². The van der Waals surface area contributed by atoms with Crippen molar-refractivity contribution in [2.45, 2.75) is 6.42 Å². The molecule has 3 aliphatic rings. The molecule has 2 aliphatic carbocycles. The van der Waals surface area contributed by atoms with Crippen LogP contribution in [0, 0.1) is 23.7 Å². The molecule has 3 amide bonds. The van der Waals surface area contributed by atoms with Crippen molar-refractivity contribution in [3.8, 4) is 11.9 Å². The number of aromatic nitrogens is 2. The Kier molecular flexibility index (Phi) is 4.46. The number of allylic oxidation sites excluding steroid dienone is 2. The third-order valence-corrected chi connectivity index (χ3v) is 6.17. The van der Waals surface area contributed by atoms with Crippen LogP contribution >= 0.6 is 0 Å². The van der Waals surface area contributed by atoms with Gasteiger partial charge in [-0.15, -0.1) is 0 Å². The molecule has 2 fully saturated rings. The second-order valence-electron chi connectivity index (χ2n) is 7.80. The summed E-state index contributed by atoms with van der Waals surface area (Å²) in [6.45, 7) is 0. The molecule has 1 aromatic carbocycles. The molecule has 31 heavy (non-hydrogen) atoms. The van der Waals surface area contributed by atoms with Crippen LogP contribution in [0.3, 0.4) is 0 Å². The summed E-state index contributed by atoms with van der Waals surface area (Å²) in [6.07, 6.45) is 5.01. The third-order valence-electron chi connectivity index (χ3n) is 6.17. The zero-order chi connectivity index (χ0) is 21.7. The number of fused-ring (bicyclic) bond motifs is 5. The van der Waals surface area contributed by atoms with Gasteiger partial charge in [-0.3, -0.25) is 19.3 Å². The van der Waals surface area contributed by atoms with Gasteiger partial charge in [-0.1, -0.05) is 12.2 Å². The lowest BCUT2D eigenvalue weighted by Gasteiger charge is -2.17. The number of benzene rings is 1. The van der Waals surface area contributed by atoms with Gasteiger partial charge in [-0.25, -0.2) is 0 Å². The number of imide groups is 1. The molecule has 4 atom stereocenters. The van der Waals surface area contributed by atoms with Gasteiger partial charge >= 0.3 is 6.01 Å². The van der Waals surface area contributed by atoms with Crippen molar-refractivity contribution in [2.75, 3.05) is 24.4 Å². The smallest absolute Gasteiger partial charge is 0.321 e. The number of anilines is 2. The van der Waals surface area contributed by atoms with Crippen LogP contribution in [-0.2, 0) is 9.59 Å². The summed E-state index contributed by atoms with van der Waals surface area (Å²) in [4.78, 5) is 47.8. The minimum absolute atomic E-state index is 0.0602. The van der Waals surface area contributed by atoms with Crippen LogP contribution in [0.1, 0.15) is 16.8 Å². The molecule has 1 saturated heterocycles. The molecule has 1 saturated carbocycles. The van der Waals surface area contributed by atoms with Crippen LogP contribution in [0.15, 0.2) is 42.5 Å². The number of hydrogen-bond donors (Lipinski definition) is 1. The Hall–Kier alpha value is -3.75. The highest BCUT2D eigenvalue weighted by Crippen LogP contribution is 2.53. The zero-order valence-corrected chi connectivity index (χ0v) is 16.9. The van der Waals surface area contributed by atoms with Crippen LogP contribution in [-0.4, -0.2) is 41.9 Å². The van der Waals surface area contributed by atoms with E-state index in [2.05, 4.69) is 27.4 Å². The largest absolute Gasteiger partial charge is 0.481 e. The van der Waals surface area contributed by atoms with Crippen molar-refractivity contribution >= 4 is 29.2 Å². The van der Waals surface area contributed by atoms with Crippen LogP contribution < -0.4 is 19.7 Å². The van der Waals surface area contributed by atoms with Crippen molar-refractivity contribution in [1.82, 2.24) is 9.97 Å². The number of amides is 3. The standard InChI is InChI=1S/C22H20N4O5/c1-30-16-10-15(24-22(25-16)31-2)23-19(27)11-5-7-14(8-6-11)26-20(28)17-12-3-4-13(9-12)18(17)21(26)29/h3-8,10,12-13,17-18H,9H2,1-2H3,(H,23,24,25,27)/t12-,13-,17+,18+/m0/s1. The molecule has 158 valence electrons. The number of nitrogens with zero attached hydrogens (tertiary/aromatic N) is 3. The van der Waals surface area contributed by atoms with Crippen molar-refractivity contribution in [2.24, 2.45) is 23.7 Å². The van der Waals surface area contributed by atoms with Crippen molar-refractivity contribution in [1.29, 1.82) is 0 Å². The minimum Gasteiger partial charge on any atom is -0.481 e. The van der Waals surface area contributed by atoms with E-state index in [1.807, 2.05) is 0 Å². The van der Waals surface area contributed by atoms with Gasteiger partial charge in [0.15, 0.2) is 0 Å². The SMILES string of the molecule is COc1cc(NC(=O)c2ccc(N3C(=O)[C@H]4[C@H](C3=O)[C@H]3C=C[C@H]4C3)cc2)nc(OC)n1. The van der Waals surface area contributed by atoms with Crippen LogP contribution in [0.25, 0.3) is 0 Å². The Labute approximate surface area is 178 Å². The number of hydrogen-bond acceptors (Lipinski definition) is 7. The summed E-state index contributed by atoms with van der Waals surface area (Å²) < 4.78 is 10.1. The highest BCUT2D eigenvalue weighted by Gasteiger charge is 2.59. The number of nitrogens with one attached hydrogen (secondary N) is 1. The van der Waals surface area contributed by atoms with E-state index in [9.17, 15) is 14.4 Å². The summed E-state index contributed by atoms with van der Waals surface area (Å²) in [6, 6.07) is 7.90. The van der Waals surface area contributed by atoms with E-state index in [-0.39, 0.29) is 53.2 Å². The topological polar surface area (TPSA) is 111 Å². The molecule has 2 heterocycles. The molecular formula is C22H20N4O5. The highest BCUT2D eigenvalue weighted by atomic mass is 16.5. The molecule has 2 bridgehead atoms. The third kappa shape index (κ3) is 3.04. The van der Waals surface area contributed by atoms with E-state index in [0.29, 0.717) is 11.3 Å². The zero-order valence-electron chi connectivity index (χ0n) is 16.9. The quantitative estimate of drug-likeness (QED) is 0.582. The monoisotopic (exact) mass is 420 g/mol. The maximum absolute atomic E-state index is 12.9. The molecule has 5 rings (SSSR count). The number of methoxy groups -OCH3 is 2. The van der Waals surface area contributed by atoms with Crippen LogP contribution in [0.4, 0.5) is 11.5 Å². The molecule has 9 nitrogen and oxygen atoms in total. The normalized spacial score (nSPS) is 25.7. The average Bonchev–Trinajstić information content (AvgIpc) is 3.47. The average molecular weight is 420 g/mol. The predicted octanol–water partition coefficient (Wildman–Crippen LogP) is 2.06. The van der Waals surface area contributed by atoms with E-state index in [4.69, 9.17) is 9.47 Å². The van der Waals surface area contributed by atoms with E-state index < -0.39 is 5.91 Å². The molecule has 2 aromatic rings. The van der Waals surface area contributed by atoms with E-state index in [1.165, 1.54) is 25.2 Å². The van der Waals surface area contributed by atoms with Crippen molar-refractivity contribution in [3.05, 3.63) is 48.0 Å². The van der Waals surface area contributed by atoms with Gasteiger partial charge in [0.1, 0.15) is 5.82 Å². The van der Waals surface area contributed by atoms with E-state index in [0.717, 1.165) is 6.42 Å². The molecule has 1 aliphatic heterocycles. The fraction of sp³-hybridized carbons (Fsp3) is 0.318. The first-order valence-electron chi connectivity index (χ1n) is 9.94. The van der Waals surface area contributed by atoms with Crippen LogP contribution in [0.2, 0.25) is 0 Å². The van der Waals surface area contributed by atoms with Gasteiger partial charge in [-0.2, -0.15) is 9.97 Å². The molecular weight excluding hydrogens is 400 g/mol. The summed E-state index contributed by atoms with van der Waals surface area (Å²) in [5, 5.41) is 2.66. The van der Waals surface area contributed by atoms with Gasteiger partial charge in [-0.05, 0) is 42.5 Å². The van der Waals surface area contributed by atoms with E-state index in [1.54, 1.807) is 24.3 Å². The number of carbonyl (C=O) groups is 3. The second kappa shape index (κ2) is 7.19. The van der Waals surface area contributed by atoms with Crippen molar-refractivity contribution in [3.63, 3.8) is 0 Å². The Morgan fingerprint density at radius 1 is 1.00 bits per heavy atom. The van der Waals surface area contributed by atoms with Gasteiger partial charge in [0.25, 0.3) is 5.91 Å². The Morgan fingerprint density at radius 3 is 2.23 bits per heavy atom. The van der Waals surface area contributed by atoms with Gasteiger partial charge < -0.3 is 14.8 Å². The molecule has 1 aromatic heterocycles. The molecule has 1 N–H and O–H groups in total. The summed E-state index contributed by atoms with van der Waals surface area (Å²) >= 11 is 0. The summed E-state index contributed by atoms with van der Waals surface area (Å²) in [5.74, 6) is -0.440. The van der Waals surface area contributed by atoms with Gasteiger partial charge in [0.2, 0.25) is 17.7 Å². The maximum Gasteiger partial charge on any atom is 0.321 e. The lowest BCUT2D eigenvalue weighted by molar-refractivity contribution is -0.123. The highest BCUT2D eigenvalue weighted by molar-refractivity contribution is 6.23.